The summed E-state index contributed by atoms with van der Waals surface area (Å²) in [5, 5.41) is 8.75. The smallest absolute Gasteiger partial charge is 0.165 e. The van der Waals surface area contributed by atoms with Crippen molar-refractivity contribution in [2.75, 3.05) is 10.2 Å². The Bertz CT molecular complexity index is 3010. The first-order valence-electron chi connectivity index (χ1n) is 17.6. The third kappa shape index (κ3) is 4.85. The van der Waals surface area contributed by atoms with Crippen LogP contribution in [0.4, 0.5) is 17.1 Å². The summed E-state index contributed by atoms with van der Waals surface area (Å²) < 4.78 is 4.84. The van der Waals surface area contributed by atoms with Crippen LogP contribution in [0.1, 0.15) is 11.7 Å². The number of benzene rings is 7. The van der Waals surface area contributed by atoms with Crippen molar-refractivity contribution in [1.29, 1.82) is 0 Å². The summed E-state index contributed by atoms with van der Waals surface area (Å²) in [5.74, 6) is 2.01. The van der Waals surface area contributed by atoms with Crippen LogP contribution in [0.3, 0.4) is 0 Å². The molecule has 4 heterocycles. The number of hydrogen-bond donors (Lipinski definition) is 1. The molecule has 10 aromatic rings. The molecule has 250 valence electrons. The monoisotopic (exact) mass is 715 g/mol. The standard InChI is InChI=1S/C46H29N5S2/c1-3-14-28(15-4-1)43-48-44(34-22-11-19-31-30-18-7-10-27-39(30)52-40(31)34)50-45(49-43)35-23-12-20-32-33-21-13-24-36(42(33)53-41(32)35)46-47-37-25-8-9-26-38(37)51(46)29-16-5-2-6-17-29/h1-27,46-47H. The molecule has 5 nitrogen and oxygen atoms in total. The zero-order chi connectivity index (χ0) is 34.9. The highest BCUT2D eigenvalue weighted by Crippen LogP contribution is 2.50. The average Bonchev–Trinajstić information content (AvgIpc) is 3.93. The molecule has 0 saturated heterocycles. The first-order chi connectivity index (χ1) is 26.3. The van der Waals surface area contributed by atoms with Crippen LogP contribution in [0.25, 0.3) is 74.5 Å². The third-order valence-electron chi connectivity index (χ3n) is 10.2. The lowest BCUT2D eigenvalue weighted by molar-refractivity contribution is 0.837. The summed E-state index contributed by atoms with van der Waals surface area (Å²) >= 11 is 3.61. The number of hydrogen-bond acceptors (Lipinski definition) is 7. The van der Waals surface area contributed by atoms with Crippen LogP contribution in [0.15, 0.2) is 164 Å². The highest BCUT2D eigenvalue weighted by Gasteiger charge is 2.32. The molecule has 0 saturated carbocycles. The van der Waals surface area contributed by atoms with Crippen molar-refractivity contribution in [2.45, 2.75) is 6.17 Å². The predicted molar refractivity (Wildman–Crippen MR) is 223 cm³/mol. The number of aromatic nitrogens is 3. The maximum atomic E-state index is 5.29. The van der Waals surface area contributed by atoms with Gasteiger partial charge in [0.2, 0.25) is 0 Å². The Morgan fingerprint density at radius 2 is 1.02 bits per heavy atom. The van der Waals surface area contributed by atoms with Gasteiger partial charge < -0.3 is 10.2 Å². The van der Waals surface area contributed by atoms with Crippen LogP contribution in [0.2, 0.25) is 0 Å². The Labute approximate surface area is 313 Å². The molecule has 0 fully saturated rings. The van der Waals surface area contributed by atoms with E-state index in [0.717, 1.165) is 32.8 Å². The van der Waals surface area contributed by atoms with Gasteiger partial charge in [-0.05, 0) is 42.5 Å². The van der Waals surface area contributed by atoms with E-state index in [4.69, 9.17) is 15.0 Å². The molecule has 11 rings (SSSR count). The summed E-state index contributed by atoms with van der Waals surface area (Å²) in [7, 11) is 0. The van der Waals surface area contributed by atoms with Crippen molar-refractivity contribution in [3.63, 3.8) is 0 Å². The second-order valence-electron chi connectivity index (χ2n) is 13.2. The van der Waals surface area contributed by atoms with E-state index in [2.05, 4.69) is 156 Å². The number of rotatable bonds is 5. The Kier molecular flexibility index (Phi) is 6.90. The van der Waals surface area contributed by atoms with E-state index < -0.39 is 0 Å². The van der Waals surface area contributed by atoms with Gasteiger partial charge in [-0.1, -0.05) is 121 Å². The van der Waals surface area contributed by atoms with Crippen LogP contribution >= 0.6 is 22.7 Å². The lowest BCUT2D eigenvalue weighted by Crippen LogP contribution is -2.23. The number of thiophene rings is 2. The molecule has 0 bridgehead atoms. The van der Waals surface area contributed by atoms with Gasteiger partial charge in [-0.15, -0.1) is 22.7 Å². The van der Waals surface area contributed by atoms with E-state index in [-0.39, 0.29) is 6.17 Å². The Balaban J connectivity index is 1.12. The van der Waals surface area contributed by atoms with Crippen molar-refractivity contribution in [1.82, 2.24) is 15.0 Å². The fourth-order valence-corrected chi connectivity index (χ4v) is 10.3. The zero-order valence-electron chi connectivity index (χ0n) is 28.3. The molecule has 1 unspecified atom stereocenters. The summed E-state index contributed by atoms with van der Waals surface area (Å²) in [6.07, 6.45) is -0.0785. The van der Waals surface area contributed by atoms with Gasteiger partial charge in [0.1, 0.15) is 6.17 Å². The van der Waals surface area contributed by atoms with Crippen LogP contribution < -0.4 is 10.2 Å². The molecule has 1 aliphatic rings. The highest BCUT2D eigenvalue weighted by molar-refractivity contribution is 7.26. The minimum absolute atomic E-state index is 0.0785. The molecule has 0 radical (unpaired) electrons. The van der Waals surface area contributed by atoms with Crippen molar-refractivity contribution < 1.29 is 0 Å². The molecule has 3 aromatic heterocycles. The Morgan fingerprint density at radius 1 is 0.453 bits per heavy atom. The fourth-order valence-electron chi connectivity index (χ4n) is 7.74. The van der Waals surface area contributed by atoms with Crippen molar-refractivity contribution in [2.24, 2.45) is 0 Å². The quantitative estimate of drug-likeness (QED) is 0.192. The molecule has 0 aliphatic carbocycles. The van der Waals surface area contributed by atoms with Crippen molar-refractivity contribution >= 4 is 80.1 Å². The van der Waals surface area contributed by atoms with E-state index in [1.54, 1.807) is 11.3 Å². The van der Waals surface area contributed by atoms with Gasteiger partial charge in [-0.25, -0.2) is 15.0 Å². The first kappa shape index (κ1) is 30.2. The minimum Gasteiger partial charge on any atom is -0.359 e. The lowest BCUT2D eigenvalue weighted by atomic mass is 10.0. The number of anilines is 3. The number of fused-ring (bicyclic) bond motifs is 7. The van der Waals surface area contributed by atoms with Gasteiger partial charge >= 0.3 is 0 Å². The molecule has 1 N–H and O–H groups in total. The maximum absolute atomic E-state index is 5.29. The van der Waals surface area contributed by atoms with Crippen molar-refractivity contribution in [3.05, 3.63) is 169 Å². The molecule has 0 spiro atoms. The normalized spacial score (nSPS) is 14.0. The number of nitrogens with one attached hydrogen (secondary N) is 1. The van der Waals surface area contributed by atoms with Gasteiger partial charge in [0.15, 0.2) is 17.5 Å². The maximum Gasteiger partial charge on any atom is 0.165 e. The van der Waals surface area contributed by atoms with Crippen LogP contribution in [0.5, 0.6) is 0 Å². The lowest BCUT2D eigenvalue weighted by Gasteiger charge is -2.27. The molecular weight excluding hydrogens is 687 g/mol. The molecule has 53 heavy (non-hydrogen) atoms. The molecular formula is C46H29N5S2. The van der Waals surface area contributed by atoms with E-state index >= 15 is 0 Å². The summed E-state index contributed by atoms with van der Waals surface area (Å²) in [6.45, 7) is 0. The first-order valence-corrected chi connectivity index (χ1v) is 19.3. The predicted octanol–water partition coefficient (Wildman–Crippen LogP) is 12.9. The second-order valence-corrected chi connectivity index (χ2v) is 15.3. The molecule has 1 atom stereocenters. The van der Waals surface area contributed by atoms with Gasteiger partial charge in [0, 0.05) is 68.3 Å². The molecule has 0 amide bonds. The molecule has 7 aromatic carbocycles. The van der Waals surface area contributed by atoms with Crippen LogP contribution in [-0.2, 0) is 0 Å². The SMILES string of the molecule is c1ccc(-c2nc(-c3cccc4c3sc3ccccc34)nc(-c3cccc4c3sc3c(C5Nc6ccccc6N5c5ccccc5)cccc34)n2)cc1. The summed E-state index contributed by atoms with van der Waals surface area (Å²) in [6, 6.07) is 57.7. The molecule has 1 aliphatic heterocycles. The largest absolute Gasteiger partial charge is 0.359 e. The third-order valence-corrected chi connectivity index (χ3v) is 12.7. The summed E-state index contributed by atoms with van der Waals surface area (Å²) in [5.41, 5.74) is 7.65. The van der Waals surface area contributed by atoms with E-state index in [1.165, 1.54) is 46.9 Å². The van der Waals surface area contributed by atoms with E-state index in [1.807, 2.05) is 29.5 Å². The van der Waals surface area contributed by atoms with Gasteiger partial charge in [0.05, 0.1) is 11.4 Å². The minimum atomic E-state index is -0.0785. The fraction of sp³-hybridized carbons (Fsp3) is 0.0217. The Hall–Kier alpha value is -6.41. The second kappa shape index (κ2) is 12.1. The Morgan fingerprint density at radius 3 is 1.79 bits per heavy atom. The van der Waals surface area contributed by atoms with Gasteiger partial charge in [-0.2, -0.15) is 0 Å². The average molecular weight is 716 g/mol. The van der Waals surface area contributed by atoms with Gasteiger partial charge in [0.25, 0.3) is 0 Å². The zero-order valence-corrected chi connectivity index (χ0v) is 29.9. The van der Waals surface area contributed by atoms with E-state index in [9.17, 15) is 0 Å². The number of para-hydroxylation sites is 3. The highest BCUT2D eigenvalue weighted by atomic mass is 32.1. The number of nitrogens with zero attached hydrogens (tertiary/aromatic N) is 4. The topological polar surface area (TPSA) is 53.9 Å². The molecule has 7 heteroatoms. The van der Waals surface area contributed by atoms with E-state index in [0.29, 0.717) is 17.5 Å². The van der Waals surface area contributed by atoms with Gasteiger partial charge in [-0.3, -0.25) is 0 Å². The summed E-state index contributed by atoms with van der Waals surface area (Å²) in [4.78, 5) is 18.0. The van der Waals surface area contributed by atoms with Crippen LogP contribution in [0, 0.1) is 0 Å². The van der Waals surface area contributed by atoms with Crippen molar-refractivity contribution in [3.8, 4) is 34.2 Å². The van der Waals surface area contributed by atoms with Crippen LogP contribution in [-0.4, -0.2) is 15.0 Å².